The Balaban J connectivity index is 1.93. The summed E-state index contributed by atoms with van der Waals surface area (Å²) in [5.74, 6) is 1.67. The summed E-state index contributed by atoms with van der Waals surface area (Å²) in [6.45, 7) is 8.22. The second kappa shape index (κ2) is 8.30. The van der Waals surface area contributed by atoms with E-state index in [-0.39, 0.29) is 5.54 Å². The zero-order valence-electron chi connectivity index (χ0n) is 16.1. The molecular formula is C18H33N5S. The molecule has 1 saturated carbocycles. The van der Waals surface area contributed by atoms with Crippen molar-refractivity contribution in [2.75, 3.05) is 27.7 Å². The van der Waals surface area contributed by atoms with Crippen LogP contribution in [0.3, 0.4) is 0 Å². The highest BCUT2D eigenvalue weighted by Gasteiger charge is 2.36. The van der Waals surface area contributed by atoms with E-state index in [9.17, 15) is 0 Å². The predicted molar refractivity (Wildman–Crippen MR) is 104 cm³/mol. The van der Waals surface area contributed by atoms with E-state index in [4.69, 9.17) is 0 Å². The standard InChI is InChI=1S/C18H33N5S/c1-13-8-7-9-18(10-13,23(5)6)12-21-17(19-4)20-11-16-14(2)22-15(3)24-16/h13H,7-12H2,1-6H3,(H2,19,20,21). The molecule has 1 heterocycles. The minimum Gasteiger partial charge on any atom is -0.355 e. The molecule has 1 fully saturated rings. The summed E-state index contributed by atoms with van der Waals surface area (Å²) >= 11 is 1.75. The number of aromatic nitrogens is 1. The number of aryl methyl sites for hydroxylation is 2. The Bertz CT molecular complexity index is 566. The van der Waals surface area contributed by atoms with Crippen LogP contribution in [0.4, 0.5) is 0 Å². The monoisotopic (exact) mass is 351 g/mol. The molecule has 5 nitrogen and oxygen atoms in total. The van der Waals surface area contributed by atoms with Gasteiger partial charge in [0.1, 0.15) is 0 Å². The van der Waals surface area contributed by atoms with Gasteiger partial charge < -0.3 is 15.5 Å². The van der Waals surface area contributed by atoms with Crippen LogP contribution in [0, 0.1) is 19.8 Å². The molecule has 2 atom stereocenters. The van der Waals surface area contributed by atoms with Crippen LogP contribution in [0.25, 0.3) is 0 Å². The first-order valence-corrected chi connectivity index (χ1v) is 9.73. The van der Waals surface area contributed by atoms with E-state index in [2.05, 4.69) is 60.4 Å². The molecule has 136 valence electrons. The fraction of sp³-hybridized carbons (Fsp3) is 0.778. The summed E-state index contributed by atoms with van der Waals surface area (Å²) in [6, 6.07) is 0. The number of nitrogens with one attached hydrogen (secondary N) is 2. The van der Waals surface area contributed by atoms with Gasteiger partial charge in [0.15, 0.2) is 5.96 Å². The number of hydrogen-bond donors (Lipinski definition) is 2. The molecule has 2 rings (SSSR count). The van der Waals surface area contributed by atoms with Crippen LogP contribution in [-0.4, -0.2) is 49.1 Å². The van der Waals surface area contributed by atoms with Gasteiger partial charge >= 0.3 is 0 Å². The molecule has 0 radical (unpaired) electrons. The third-order valence-electron chi connectivity index (χ3n) is 5.24. The lowest BCUT2D eigenvalue weighted by atomic mass is 9.75. The minimum atomic E-state index is 0.228. The zero-order chi connectivity index (χ0) is 17.7. The van der Waals surface area contributed by atoms with Crippen molar-refractivity contribution in [3.63, 3.8) is 0 Å². The van der Waals surface area contributed by atoms with Gasteiger partial charge in [0, 0.05) is 24.0 Å². The Kier molecular flexibility index (Phi) is 6.63. The number of thiazole rings is 1. The highest BCUT2D eigenvalue weighted by molar-refractivity contribution is 7.11. The second-order valence-corrected chi connectivity index (χ2v) is 8.63. The van der Waals surface area contributed by atoms with Gasteiger partial charge in [-0.3, -0.25) is 4.99 Å². The first-order chi connectivity index (χ1) is 11.4. The molecule has 0 bridgehead atoms. The van der Waals surface area contributed by atoms with Gasteiger partial charge in [-0.25, -0.2) is 4.98 Å². The molecule has 0 aliphatic heterocycles. The number of likely N-dealkylation sites (N-methyl/N-ethyl adjacent to an activating group) is 1. The van der Waals surface area contributed by atoms with Crippen molar-refractivity contribution in [2.24, 2.45) is 10.9 Å². The molecule has 0 aromatic carbocycles. The Morgan fingerprint density at radius 1 is 1.38 bits per heavy atom. The molecule has 0 spiro atoms. The summed E-state index contributed by atoms with van der Waals surface area (Å²) in [5, 5.41) is 8.12. The van der Waals surface area contributed by atoms with Crippen LogP contribution in [-0.2, 0) is 6.54 Å². The van der Waals surface area contributed by atoms with Gasteiger partial charge in [0.25, 0.3) is 0 Å². The summed E-state index contributed by atoms with van der Waals surface area (Å²) in [5.41, 5.74) is 1.35. The van der Waals surface area contributed by atoms with E-state index in [1.807, 2.05) is 7.05 Å². The number of guanidine groups is 1. The number of nitrogens with zero attached hydrogens (tertiary/aromatic N) is 3. The van der Waals surface area contributed by atoms with E-state index < -0.39 is 0 Å². The molecule has 0 saturated heterocycles. The van der Waals surface area contributed by atoms with Gasteiger partial charge in [-0.1, -0.05) is 19.8 Å². The highest BCUT2D eigenvalue weighted by Crippen LogP contribution is 2.35. The molecular weight excluding hydrogens is 318 g/mol. The molecule has 6 heteroatoms. The number of rotatable bonds is 5. The first-order valence-electron chi connectivity index (χ1n) is 8.91. The van der Waals surface area contributed by atoms with Crippen LogP contribution in [0.5, 0.6) is 0 Å². The van der Waals surface area contributed by atoms with Crippen molar-refractivity contribution in [3.05, 3.63) is 15.6 Å². The van der Waals surface area contributed by atoms with Crippen LogP contribution in [0.15, 0.2) is 4.99 Å². The predicted octanol–water partition coefficient (Wildman–Crippen LogP) is 2.94. The lowest BCUT2D eigenvalue weighted by Crippen LogP contribution is -2.56. The maximum Gasteiger partial charge on any atom is 0.191 e. The van der Waals surface area contributed by atoms with E-state index in [1.54, 1.807) is 11.3 Å². The topological polar surface area (TPSA) is 52.6 Å². The molecule has 1 aliphatic carbocycles. The quantitative estimate of drug-likeness (QED) is 0.633. The Hall–Kier alpha value is -1.14. The minimum absolute atomic E-state index is 0.228. The average molecular weight is 352 g/mol. The Labute approximate surface area is 151 Å². The zero-order valence-corrected chi connectivity index (χ0v) is 16.9. The van der Waals surface area contributed by atoms with Gasteiger partial charge in [0.2, 0.25) is 0 Å². The van der Waals surface area contributed by atoms with Crippen molar-refractivity contribution in [3.8, 4) is 0 Å². The van der Waals surface area contributed by atoms with E-state index in [1.165, 1.54) is 30.6 Å². The molecule has 24 heavy (non-hydrogen) atoms. The van der Waals surface area contributed by atoms with E-state index in [0.717, 1.165) is 35.7 Å². The van der Waals surface area contributed by atoms with Gasteiger partial charge in [0.05, 0.1) is 17.2 Å². The Morgan fingerprint density at radius 3 is 2.67 bits per heavy atom. The highest BCUT2D eigenvalue weighted by atomic mass is 32.1. The van der Waals surface area contributed by atoms with Crippen molar-refractivity contribution < 1.29 is 0 Å². The average Bonchev–Trinajstić information content (AvgIpc) is 2.85. The van der Waals surface area contributed by atoms with Crippen LogP contribution in [0.1, 0.15) is 48.2 Å². The van der Waals surface area contributed by atoms with Crippen LogP contribution in [0.2, 0.25) is 0 Å². The fourth-order valence-electron chi connectivity index (χ4n) is 3.73. The van der Waals surface area contributed by atoms with Gasteiger partial charge in [-0.05, 0) is 46.7 Å². The summed E-state index contributed by atoms with van der Waals surface area (Å²) < 4.78 is 0. The largest absolute Gasteiger partial charge is 0.355 e. The first kappa shape index (κ1) is 19.2. The molecule has 2 N–H and O–H groups in total. The van der Waals surface area contributed by atoms with Crippen molar-refractivity contribution in [1.29, 1.82) is 0 Å². The summed E-state index contributed by atoms with van der Waals surface area (Å²) in [7, 11) is 6.25. The van der Waals surface area contributed by atoms with Crippen molar-refractivity contribution in [2.45, 2.75) is 58.5 Å². The third kappa shape index (κ3) is 4.70. The molecule has 2 unspecified atom stereocenters. The maximum atomic E-state index is 4.49. The van der Waals surface area contributed by atoms with Gasteiger partial charge in [-0.2, -0.15) is 0 Å². The fourth-order valence-corrected chi connectivity index (χ4v) is 4.60. The van der Waals surface area contributed by atoms with Crippen LogP contribution >= 0.6 is 11.3 Å². The number of aliphatic imine (C=N–C) groups is 1. The number of hydrogen-bond acceptors (Lipinski definition) is 4. The lowest BCUT2D eigenvalue weighted by molar-refractivity contribution is 0.0795. The molecule has 0 amide bonds. The lowest BCUT2D eigenvalue weighted by Gasteiger charge is -2.45. The van der Waals surface area contributed by atoms with E-state index >= 15 is 0 Å². The summed E-state index contributed by atoms with van der Waals surface area (Å²) in [6.07, 6.45) is 5.16. The molecule has 1 aromatic rings. The maximum absolute atomic E-state index is 4.49. The SMILES string of the molecule is CN=C(NCc1sc(C)nc1C)NCC1(N(C)C)CCCC(C)C1. The molecule has 1 aromatic heterocycles. The van der Waals surface area contributed by atoms with Crippen molar-refractivity contribution >= 4 is 17.3 Å². The third-order valence-corrected chi connectivity index (χ3v) is 6.31. The smallest absolute Gasteiger partial charge is 0.191 e. The van der Waals surface area contributed by atoms with E-state index in [0.29, 0.717) is 0 Å². The summed E-state index contributed by atoms with van der Waals surface area (Å²) in [4.78, 5) is 12.6. The van der Waals surface area contributed by atoms with Crippen molar-refractivity contribution in [1.82, 2.24) is 20.5 Å². The second-order valence-electron chi connectivity index (χ2n) is 7.34. The van der Waals surface area contributed by atoms with Crippen LogP contribution < -0.4 is 10.6 Å². The normalized spacial score (nSPS) is 25.1. The Morgan fingerprint density at radius 2 is 2.12 bits per heavy atom. The molecule has 1 aliphatic rings. The van der Waals surface area contributed by atoms with Gasteiger partial charge in [-0.15, -0.1) is 11.3 Å².